The molecule has 6 heteroatoms. The summed E-state index contributed by atoms with van der Waals surface area (Å²) in [5.41, 5.74) is -0.197. The van der Waals surface area contributed by atoms with Crippen LogP contribution in [0.3, 0.4) is 0 Å². The molecule has 1 atom stereocenters. The summed E-state index contributed by atoms with van der Waals surface area (Å²) in [7, 11) is 0. The zero-order chi connectivity index (χ0) is 14.5. The molecule has 0 radical (unpaired) electrons. The first kappa shape index (κ1) is 16.3. The predicted octanol–water partition coefficient (Wildman–Crippen LogP) is 3.30. The molecule has 0 aromatic heterocycles. The van der Waals surface area contributed by atoms with Crippen LogP contribution in [0.2, 0.25) is 0 Å². The van der Waals surface area contributed by atoms with Gasteiger partial charge in [-0.25, -0.2) is 0 Å². The van der Waals surface area contributed by atoms with E-state index in [1.165, 1.54) is 6.07 Å². The zero-order valence-electron chi connectivity index (χ0n) is 10.9. The molecule has 1 aromatic rings. The van der Waals surface area contributed by atoms with Crippen LogP contribution in [-0.4, -0.2) is 23.9 Å². The van der Waals surface area contributed by atoms with Gasteiger partial charge in [0.05, 0.1) is 5.60 Å². The van der Waals surface area contributed by atoms with Crippen molar-refractivity contribution in [1.82, 2.24) is 5.32 Å². The van der Waals surface area contributed by atoms with Gasteiger partial charge in [-0.15, -0.1) is 0 Å². The van der Waals surface area contributed by atoms with E-state index in [9.17, 15) is 13.9 Å². The summed E-state index contributed by atoms with van der Waals surface area (Å²) in [6.45, 7) is 1.48. The molecule has 108 valence electrons. The lowest BCUT2D eigenvalue weighted by atomic mass is 10.0. The lowest BCUT2D eigenvalue weighted by Gasteiger charge is -2.22. The zero-order valence-corrected chi connectivity index (χ0v) is 12.5. The van der Waals surface area contributed by atoms with Crippen molar-refractivity contribution in [2.24, 2.45) is 0 Å². The van der Waals surface area contributed by atoms with Gasteiger partial charge in [0.1, 0.15) is 5.75 Å². The number of aliphatic hydroxyl groups is 1. The molecule has 0 bridgehead atoms. The Bertz CT molecular complexity index is 414. The maximum absolute atomic E-state index is 12.3. The molecule has 0 heterocycles. The Labute approximate surface area is 120 Å². The Hall–Kier alpha value is -0.720. The van der Waals surface area contributed by atoms with Crippen molar-refractivity contribution in [2.45, 2.75) is 39.0 Å². The summed E-state index contributed by atoms with van der Waals surface area (Å²) in [6, 6.07) is 4.85. The topological polar surface area (TPSA) is 41.5 Å². The summed E-state index contributed by atoms with van der Waals surface area (Å²) in [5.74, 6) is 0.141. The van der Waals surface area contributed by atoms with Crippen LogP contribution < -0.4 is 10.1 Å². The first-order valence-corrected chi connectivity index (χ1v) is 6.79. The van der Waals surface area contributed by atoms with Crippen molar-refractivity contribution >= 4 is 15.9 Å². The van der Waals surface area contributed by atoms with E-state index >= 15 is 0 Å². The van der Waals surface area contributed by atoms with E-state index < -0.39 is 12.2 Å². The van der Waals surface area contributed by atoms with Crippen LogP contribution in [0.15, 0.2) is 22.7 Å². The largest absolute Gasteiger partial charge is 0.434 e. The Kier molecular flexibility index (Phi) is 6.16. The molecule has 2 N–H and O–H groups in total. The highest BCUT2D eigenvalue weighted by Crippen LogP contribution is 2.24. The Morgan fingerprint density at radius 2 is 2.16 bits per heavy atom. The van der Waals surface area contributed by atoms with Gasteiger partial charge in [0.15, 0.2) is 0 Å². The molecule has 1 aromatic carbocycles. The highest BCUT2D eigenvalue weighted by atomic mass is 79.9. The number of hydrogen-bond acceptors (Lipinski definition) is 3. The summed E-state index contributed by atoms with van der Waals surface area (Å²) in [4.78, 5) is 0. The molecule has 0 aliphatic carbocycles. The number of benzene rings is 1. The second-order valence-corrected chi connectivity index (χ2v) is 5.50. The summed E-state index contributed by atoms with van der Waals surface area (Å²) >= 11 is 3.29. The second-order valence-electron chi connectivity index (χ2n) is 4.58. The monoisotopic (exact) mass is 337 g/mol. The predicted molar refractivity (Wildman–Crippen MR) is 73.4 cm³/mol. The summed E-state index contributed by atoms with van der Waals surface area (Å²) < 4.78 is 29.8. The minimum atomic E-state index is -2.85. The van der Waals surface area contributed by atoms with Crippen LogP contribution in [-0.2, 0) is 6.54 Å². The highest BCUT2D eigenvalue weighted by molar-refractivity contribution is 9.10. The van der Waals surface area contributed by atoms with Crippen LogP contribution in [0, 0.1) is 0 Å². The Morgan fingerprint density at radius 3 is 2.74 bits per heavy atom. The third-order valence-corrected chi connectivity index (χ3v) is 3.31. The van der Waals surface area contributed by atoms with Crippen molar-refractivity contribution < 1.29 is 18.6 Å². The molecule has 1 unspecified atom stereocenters. The van der Waals surface area contributed by atoms with E-state index in [-0.39, 0.29) is 5.75 Å². The lowest BCUT2D eigenvalue weighted by Crippen LogP contribution is -2.36. The standard InChI is InChI=1S/C13H18BrF2NO2/c1-3-13(2,18)8-17-7-9-6-10(14)4-5-11(9)19-12(15)16/h4-6,12,17-18H,3,7-8H2,1-2H3. The number of ether oxygens (including phenoxy) is 1. The lowest BCUT2D eigenvalue weighted by molar-refractivity contribution is -0.0505. The Balaban J connectivity index is 2.68. The van der Waals surface area contributed by atoms with Crippen LogP contribution in [0.25, 0.3) is 0 Å². The molecule has 1 rings (SSSR count). The highest BCUT2D eigenvalue weighted by Gasteiger charge is 2.17. The average Bonchev–Trinajstić information content (AvgIpc) is 2.32. The molecule has 0 aliphatic heterocycles. The first-order valence-electron chi connectivity index (χ1n) is 6.00. The van der Waals surface area contributed by atoms with Crippen molar-refractivity contribution in [3.63, 3.8) is 0 Å². The molecular formula is C13H18BrF2NO2. The molecule has 0 aliphatic rings. The number of hydrogen-bond donors (Lipinski definition) is 2. The summed E-state index contributed by atoms with van der Waals surface area (Å²) in [6.07, 6.45) is 0.610. The third kappa shape index (κ3) is 5.84. The molecule has 0 amide bonds. The smallest absolute Gasteiger partial charge is 0.387 e. The second kappa shape index (κ2) is 7.17. The van der Waals surface area contributed by atoms with Crippen molar-refractivity contribution in [2.75, 3.05) is 6.54 Å². The number of halogens is 3. The van der Waals surface area contributed by atoms with Crippen LogP contribution in [0.4, 0.5) is 8.78 Å². The minimum Gasteiger partial charge on any atom is -0.434 e. The molecule has 0 fully saturated rings. The van der Waals surface area contributed by atoms with Gasteiger partial charge in [-0.05, 0) is 31.5 Å². The van der Waals surface area contributed by atoms with Gasteiger partial charge >= 0.3 is 6.61 Å². The fourth-order valence-electron chi connectivity index (χ4n) is 1.49. The van der Waals surface area contributed by atoms with Gasteiger partial charge < -0.3 is 15.2 Å². The maximum atomic E-state index is 12.3. The third-order valence-electron chi connectivity index (χ3n) is 2.82. The van der Waals surface area contributed by atoms with Crippen LogP contribution in [0.5, 0.6) is 5.75 Å². The summed E-state index contributed by atoms with van der Waals surface area (Å²) in [5, 5.41) is 12.9. The van der Waals surface area contributed by atoms with E-state index in [2.05, 4.69) is 26.0 Å². The molecule has 19 heavy (non-hydrogen) atoms. The number of rotatable bonds is 7. The van der Waals surface area contributed by atoms with E-state index in [4.69, 9.17) is 0 Å². The van der Waals surface area contributed by atoms with E-state index in [0.29, 0.717) is 25.1 Å². The average molecular weight is 338 g/mol. The molecule has 0 saturated carbocycles. The van der Waals surface area contributed by atoms with Gasteiger partial charge in [0.25, 0.3) is 0 Å². The van der Waals surface area contributed by atoms with Crippen molar-refractivity contribution in [3.05, 3.63) is 28.2 Å². The van der Waals surface area contributed by atoms with Gasteiger partial charge in [0, 0.05) is 23.1 Å². The normalized spacial score (nSPS) is 14.5. The molecular weight excluding hydrogens is 320 g/mol. The number of nitrogens with one attached hydrogen (secondary N) is 1. The van der Waals surface area contributed by atoms with Crippen molar-refractivity contribution in [1.29, 1.82) is 0 Å². The van der Waals surface area contributed by atoms with Gasteiger partial charge in [-0.2, -0.15) is 8.78 Å². The van der Waals surface area contributed by atoms with E-state index in [1.807, 2.05) is 6.92 Å². The van der Waals surface area contributed by atoms with Crippen LogP contribution >= 0.6 is 15.9 Å². The SMILES string of the molecule is CCC(C)(O)CNCc1cc(Br)ccc1OC(F)F. The van der Waals surface area contributed by atoms with E-state index in [0.717, 1.165) is 4.47 Å². The maximum Gasteiger partial charge on any atom is 0.387 e. The quantitative estimate of drug-likeness (QED) is 0.802. The fourth-order valence-corrected chi connectivity index (χ4v) is 1.90. The van der Waals surface area contributed by atoms with Crippen LogP contribution in [0.1, 0.15) is 25.8 Å². The number of alkyl halides is 2. The van der Waals surface area contributed by atoms with Gasteiger partial charge in [0.2, 0.25) is 0 Å². The van der Waals surface area contributed by atoms with Crippen molar-refractivity contribution in [3.8, 4) is 5.75 Å². The molecule has 0 saturated heterocycles. The fraction of sp³-hybridized carbons (Fsp3) is 0.538. The first-order chi connectivity index (χ1) is 8.84. The minimum absolute atomic E-state index is 0.141. The van der Waals surface area contributed by atoms with E-state index in [1.54, 1.807) is 19.1 Å². The van der Waals surface area contributed by atoms with Gasteiger partial charge in [-0.1, -0.05) is 22.9 Å². The molecule has 3 nitrogen and oxygen atoms in total. The Morgan fingerprint density at radius 1 is 1.47 bits per heavy atom. The molecule has 0 spiro atoms. The van der Waals surface area contributed by atoms with Gasteiger partial charge in [-0.3, -0.25) is 0 Å².